The second-order valence-corrected chi connectivity index (χ2v) is 5.24. The molecule has 0 atom stereocenters. The van der Waals surface area contributed by atoms with E-state index in [-0.39, 0.29) is 5.91 Å². The third kappa shape index (κ3) is 3.62. The van der Waals surface area contributed by atoms with Crippen LogP contribution in [0.15, 0.2) is 30.6 Å². The number of anilines is 1. The zero-order chi connectivity index (χ0) is 15.4. The summed E-state index contributed by atoms with van der Waals surface area (Å²) in [6.07, 6.45) is 3.70. The van der Waals surface area contributed by atoms with Crippen molar-refractivity contribution in [2.45, 2.75) is 20.4 Å². The molecule has 0 bridgehead atoms. The van der Waals surface area contributed by atoms with Gasteiger partial charge in [0, 0.05) is 50.2 Å². The second-order valence-electron chi connectivity index (χ2n) is 5.24. The first-order valence-electron chi connectivity index (χ1n) is 7.08. The predicted molar refractivity (Wildman–Crippen MR) is 84.3 cm³/mol. The number of amides is 1. The average molecular weight is 286 g/mol. The van der Waals surface area contributed by atoms with E-state index < -0.39 is 0 Å². The molecule has 1 N–H and O–H groups in total. The monoisotopic (exact) mass is 286 g/mol. The van der Waals surface area contributed by atoms with Gasteiger partial charge in [-0.1, -0.05) is 0 Å². The summed E-state index contributed by atoms with van der Waals surface area (Å²) in [7, 11) is 3.68. The number of rotatable bonds is 5. The Kier molecular flexibility index (Phi) is 4.62. The maximum absolute atomic E-state index is 12.5. The van der Waals surface area contributed by atoms with Gasteiger partial charge in [-0.25, -0.2) is 0 Å². The lowest BCUT2D eigenvalue weighted by Crippen LogP contribution is -2.26. The van der Waals surface area contributed by atoms with Crippen molar-refractivity contribution >= 4 is 11.6 Å². The van der Waals surface area contributed by atoms with Crippen LogP contribution in [-0.2, 0) is 13.6 Å². The maximum Gasteiger partial charge on any atom is 0.253 e. The first-order chi connectivity index (χ1) is 10.0. The van der Waals surface area contributed by atoms with Crippen LogP contribution >= 0.6 is 0 Å². The molecule has 21 heavy (non-hydrogen) atoms. The third-order valence-corrected chi connectivity index (χ3v) is 3.37. The Labute approximate surface area is 125 Å². The second kappa shape index (κ2) is 6.43. The normalized spacial score (nSPS) is 10.5. The van der Waals surface area contributed by atoms with E-state index in [1.165, 1.54) is 0 Å². The molecule has 1 aromatic heterocycles. The van der Waals surface area contributed by atoms with Gasteiger partial charge in [-0.15, -0.1) is 0 Å². The predicted octanol–water partition coefficient (Wildman–Crippen LogP) is 2.43. The zero-order valence-electron chi connectivity index (χ0n) is 13.1. The highest BCUT2D eigenvalue weighted by atomic mass is 16.2. The molecule has 0 spiro atoms. The Bertz CT molecular complexity index is 633. The third-order valence-electron chi connectivity index (χ3n) is 3.37. The summed E-state index contributed by atoms with van der Waals surface area (Å²) in [6.45, 7) is 5.49. The molecule has 1 heterocycles. The summed E-state index contributed by atoms with van der Waals surface area (Å²) in [6, 6.07) is 5.76. The topological polar surface area (TPSA) is 50.2 Å². The van der Waals surface area contributed by atoms with E-state index in [9.17, 15) is 4.79 Å². The molecule has 2 rings (SSSR count). The summed E-state index contributed by atoms with van der Waals surface area (Å²) in [4.78, 5) is 14.2. The van der Waals surface area contributed by atoms with E-state index in [1.807, 2.05) is 45.4 Å². The molecule has 0 fully saturated rings. The molecule has 1 amide bonds. The molecule has 0 aliphatic rings. The van der Waals surface area contributed by atoms with Gasteiger partial charge in [0.1, 0.15) is 0 Å². The Morgan fingerprint density at radius 2 is 2.19 bits per heavy atom. The van der Waals surface area contributed by atoms with Crippen LogP contribution in [0, 0.1) is 6.92 Å². The van der Waals surface area contributed by atoms with Crippen LogP contribution in [0.25, 0.3) is 0 Å². The summed E-state index contributed by atoms with van der Waals surface area (Å²) in [5.74, 6) is 0.0185. The van der Waals surface area contributed by atoms with Gasteiger partial charge in [-0.3, -0.25) is 9.48 Å². The van der Waals surface area contributed by atoms with Gasteiger partial charge in [0.2, 0.25) is 0 Å². The van der Waals surface area contributed by atoms with Crippen molar-refractivity contribution in [2.24, 2.45) is 7.05 Å². The lowest BCUT2D eigenvalue weighted by atomic mass is 10.1. The highest BCUT2D eigenvalue weighted by Gasteiger charge is 2.13. The van der Waals surface area contributed by atoms with Gasteiger partial charge >= 0.3 is 0 Å². The zero-order valence-corrected chi connectivity index (χ0v) is 13.1. The van der Waals surface area contributed by atoms with E-state index in [1.54, 1.807) is 15.8 Å². The summed E-state index contributed by atoms with van der Waals surface area (Å²) in [5, 5.41) is 7.40. The minimum absolute atomic E-state index is 0.0185. The van der Waals surface area contributed by atoms with E-state index in [0.29, 0.717) is 12.1 Å². The van der Waals surface area contributed by atoms with Crippen molar-refractivity contribution in [3.05, 3.63) is 47.3 Å². The Balaban J connectivity index is 2.10. The lowest BCUT2D eigenvalue weighted by molar-refractivity contribution is 0.0785. The van der Waals surface area contributed by atoms with Crippen LogP contribution in [-0.4, -0.2) is 34.2 Å². The lowest BCUT2D eigenvalue weighted by Gasteiger charge is -2.17. The van der Waals surface area contributed by atoms with Crippen LogP contribution < -0.4 is 5.32 Å². The number of hydrogen-bond acceptors (Lipinski definition) is 3. The molecule has 5 nitrogen and oxygen atoms in total. The molecule has 5 heteroatoms. The number of benzene rings is 1. The molecule has 0 aliphatic carbocycles. The summed E-state index contributed by atoms with van der Waals surface area (Å²) >= 11 is 0. The highest BCUT2D eigenvalue weighted by molar-refractivity contribution is 5.94. The molecule has 0 saturated heterocycles. The fraction of sp³-hybridized carbons (Fsp3) is 0.375. The van der Waals surface area contributed by atoms with E-state index in [0.717, 1.165) is 23.4 Å². The molecule has 112 valence electrons. The first kappa shape index (κ1) is 15.1. The smallest absolute Gasteiger partial charge is 0.253 e. The van der Waals surface area contributed by atoms with E-state index in [4.69, 9.17) is 0 Å². The summed E-state index contributed by atoms with van der Waals surface area (Å²) < 4.78 is 1.74. The maximum atomic E-state index is 12.5. The Morgan fingerprint density at radius 1 is 1.43 bits per heavy atom. The van der Waals surface area contributed by atoms with Crippen LogP contribution in [0.1, 0.15) is 28.4 Å². The summed E-state index contributed by atoms with van der Waals surface area (Å²) in [5.41, 5.74) is 3.89. The van der Waals surface area contributed by atoms with Crippen molar-refractivity contribution < 1.29 is 4.79 Å². The van der Waals surface area contributed by atoms with Crippen LogP contribution in [0.3, 0.4) is 0 Å². The van der Waals surface area contributed by atoms with Crippen molar-refractivity contribution in [1.29, 1.82) is 0 Å². The Morgan fingerprint density at radius 3 is 2.76 bits per heavy atom. The molecular formula is C16H22N4O. The molecule has 0 saturated carbocycles. The minimum atomic E-state index is 0.0185. The molecular weight excluding hydrogens is 264 g/mol. The van der Waals surface area contributed by atoms with Gasteiger partial charge in [0.05, 0.1) is 6.20 Å². The standard InChI is InChI=1S/C16H22N4O/c1-5-17-15-7-6-14(8-12(15)2)16(21)19(3)10-13-9-18-20(4)11-13/h6-9,11,17H,5,10H2,1-4H3. The first-order valence-corrected chi connectivity index (χ1v) is 7.08. The minimum Gasteiger partial charge on any atom is -0.385 e. The van der Waals surface area contributed by atoms with E-state index >= 15 is 0 Å². The number of aromatic nitrogens is 2. The number of nitrogens with zero attached hydrogens (tertiary/aromatic N) is 3. The number of hydrogen-bond donors (Lipinski definition) is 1. The average Bonchev–Trinajstić information content (AvgIpc) is 2.85. The van der Waals surface area contributed by atoms with Gasteiger partial charge in [0.25, 0.3) is 5.91 Å². The number of nitrogens with one attached hydrogen (secondary N) is 1. The van der Waals surface area contributed by atoms with Crippen molar-refractivity contribution in [2.75, 3.05) is 18.9 Å². The number of aryl methyl sites for hydroxylation is 2. The van der Waals surface area contributed by atoms with Gasteiger partial charge in [-0.2, -0.15) is 5.10 Å². The molecule has 2 aromatic rings. The SMILES string of the molecule is CCNc1ccc(C(=O)N(C)Cc2cnn(C)c2)cc1C. The molecule has 0 aliphatic heterocycles. The van der Waals surface area contributed by atoms with Crippen LogP contribution in [0.5, 0.6) is 0 Å². The Hall–Kier alpha value is -2.30. The van der Waals surface area contributed by atoms with Gasteiger partial charge < -0.3 is 10.2 Å². The molecule has 0 unspecified atom stereocenters. The van der Waals surface area contributed by atoms with E-state index in [2.05, 4.69) is 17.3 Å². The molecule has 1 aromatic carbocycles. The largest absolute Gasteiger partial charge is 0.385 e. The quantitative estimate of drug-likeness (QED) is 0.918. The number of carbonyl (C=O) groups excluding carboxylic acids is 1. The fourth-order valence-electron chi connectivity index (χ4n) is 2.31. The fourth-order valence-corrected chi connectivity index (χ4v) is 2.31. The van der Waals surface area contributed by atoms with Crippen LogP contribution in [0.4, 0.5) is 5.69 Å². The van der Waals surface area contributed by atoms with Crippen molar-refractivity contribution in [3.63, 3.8) is 0 Å². The van der Waals surface area contributed by atoms with Gasteiger partial charge in [0.15, 0.2) is 0 Å². The van der Waals surface area contributed by atoms with Crippen LogP contribution in [0.2, 0.25) is 0 Å². The van der Waals surface area contributed by atoms with Crippen molar-refractivity contribution in [1.82, 2.24) is 14.7 Å². The van der Waals surface area contributed by atoms with Crippen molar-refractivity contribution in [3.8, 4) is 0 Å². The highest BCUT2D eigenvalue weighted by Crippen LogP contribution is 2.17. The van der Waals surface area contributed by atoms with Gasteiger partial charge in [-0.05, 0) is 37.6 Å². The number of carbonyl (C=O) groups is 1. The molecule has 0 radical (unpaired) electrons.